The molecular formula is C46H71NO5. The average molecular weight is 718 g/mol. The number of methoxy groups -OCH3 is 1. The number of nitrogens with two attached hydrogens (primary N) is 1. The van der Waals surface area contributed by atoms with Crippen LogP contribution in [0.25, 0.3) is 0 Å². The van der Waals surface area contributed by atoms with Crippen molar-refractivity contribution in [2.45, 2.75) is 157 Å². The number of fused-ring (bicyclic) bond motifs is 7. The third-order valence-electron chi connectivity index (χ3n) is 16.9. The highest BCUT2D eigenvalue weighted by Gasteiger charge is 2.70. The van der Waals surface area contributed by atoms with Gasteiger partial charge in [-0.2, -0.15) is 0 Å². The molecule has 6 rings (SSSR count). The maximum Gasteiger partial charge on any atom is 0.306 e. The van der Waals surface area contributed by atoms with Crippen molar-refractivity contribution in [2.75, 3.05) is 13.7 Å². The maximum absolute atomic E-state index is 13.1. The molecule has 6 heteroatoms. The third kappa shape index (κ3) is 7.01. The largest absolute Gasteiger partial charge is 0.497 e. The van der Waals surface area contributed by atoms with Crippen molar-refractivity contribution in [3.8, 4) is 5.75 Å². The molecule has 5 aliphatic rings. The second-order valence-electron chi connectivity index (χ2n) is 19.7. The van der Waals surface area contributed by atoms with Gasteiger partial charge < -0.3 is 19.9 Å². The molecule has 0 bridgehead atoms. The van der Waals surface area contributed by atoms with Gasteiger partial charge in [0.25, 0.3) is 0 Å². The van der Waals surface area contributed by atoms with Crippen LogP contribution >= 0.6 is 0 Å². The number of benzene rings is 1. The Kier molecular flexibility index (Phi) is 11.4. The molecule has 0 unspecified atom stereocenters. The molecule has 0 aromatic heterocycles. The zero-order valence-corrected chi connectivity index (χ0v) is 33.8. The van der Waals surface area contributed by atoms with E-state index < -0.39 is 0 Å². The Labute approximate surface area is 315 Å². The molecule has 0 saturated heterocycles. The normalized spacial score (nSPS) is 39.0. The van der Waals surface area contributed by atoms with Crippen molar-refractivity contribution in [2.24, 2.45) is 62.4 Å². The molecule has 0 heterocycles. The minimum atomic E-state index is -0.245. The molecule has 0 aliphatic heterocycles. The molecule has 1 aromatic carbocycles. The van der Waals surface area contributed by atoms with Gasteiger partial charge >= 0.3 is 5.97 Å². The fraction of sp³-hybridized carbons (Fsp3) is 0.783. The monoisotopic (exact) mass is 718 g/mol. The number of amides is 1. The van der Waals surface area contributed by atoms with Crippen LogP contribution in [0.5, 0.6) is 5.75 Å². The van der Waals surface area contributed by atoms with Crippen molar-refractivity contribution < 1.29 is 23.8 Å². The summed E-state index contributed by atoms with van der Waals surface area (Å²) < 4.78 is 18.0. The summed E-state index contributed by atoms with van der Waals surface area (Å²) in [5.41, 5.74) is 8.97. The average Bonchev–Trinajstić information content (AvgIpc) is 3.45. The summed E-state index contributed by atoms with van der Waals surface area (Å²) in [6.07, 6.45) is 16.9. The fourth-order valence-corrected chi connectivity index (χ4v) is 13.9. The van der Waals surface area contributed by atoms with Crippen molar-refractivity contribution in [3.05, 3.63) is 42.0 Å². The Hall–Kier alpha value is -2.34. The van der Waals surface area contributed by atoms with Crippen LogP contribution < -0.4 is 10.5 Å². The van der Waals surface area contributed by atoms with E-state index in [2.05, 4.69) is 53.7 Å². The summed E-state index contributed by atoms with van der Waals surface area (Å²) in [6.45, 7) is 21.5. The Morgan fingerprint density at radius 1 is 0.788 bits per heavy atom. The van der Waals surface area contributed by atoms with Crippen molar-refractivity contribution in [1.82, 2.24) is 0 Å². The van der Waals surface area contributed by atoms with Crippen LogP contribution in [0.1, 0.15) is 150 Å². The highest BCUT2D eigenvalue weighted by Crippen LogP contribution is 2.77. The van der Waals surface area contributed by atoms with Crippen LogP contribution in [-0.2, 0) is 25.7 Å². The first-order chi connectivity index (χ1) is 24.6. The highest BCUT2D eigenvalue weighted by atomic mass is 16.5. The second kappa shape index (κ2) is 15.1. The van der Waals surface area contributed by atoms with Gasteiger partial charge in [-0.3, -0.25) is 9.59 Å². The maximum atomic E-state index is 13.1. The van der Waals surface area contributed by atoms with Crippen LogP contribution in [0.4, 0.5) is 0 Å². The molecule has 290 valence electrons. The Bertz CT molecular complexity index is 1450. The van der Waals surface area contributed by atoms with Crippen LogP contribution in [0.2, 0.25) is 0 Å². The number of esters is 1. The molecule has 10 atom stereocenters. The molecule has 6 nitrogen and oxygen atoms in total. The third-order valence-corrected chi connectivity index (χ3v) is 16.9. The predicted octanol–water partition coefficient (Wildman–Crippen LogP) is 10.6. The standard InChI is InChI=1S/C46H71NO5/c1-31(29-51-30-32-15-17-33(50-8)18-16-32)34-21-24-43(4)27-28-45(6)35(41(34)43)19-20-37-44(5)25-23-38(42(2,3)36(44)22-26-46(37,45)7)52-40(49)14-12-10-9-11-13-39(47)48/h15-18,34-38,41H,1,9-14,19-30H2,2-8H3,(H2,47,48)/t34-,35+,36-,37+,38-,41+,43+,44-,45+,46+/m0/s1. The molecule has 1 amide bonds. The number of primary amides is 1. The number of carbonyl (C=O) groups excluding carboxylic acids is 2. The van der Waals surface area contributed by atoms with Crippen molar-refractivity contribution in [3.63, 3.8) is 0 Å². The van der Waals surface area contributed by atoms with Crippen LogP contribution in [0.15, 0.2) is 36.4 Å². The van der Waals surface area contributed by atoms with Gasteiger partial charge in [-0.15, -0.1) is 0 Å². The number of hydrogen-bond donors (Lipinski definition) is 1. The van der Waals surface area contributed by atoms with Gasteiger partial charge in [0.05, 0.1) is 20.3 Å². The summed E-state index contributed by atoms with van der Waals surface area (Å²) in [7, 11) is 1.70. The molecule has 5 saturated carbocycles. The predicted molar refractivity (Wildman–Crippen MR) is 208 cm³/mol. The van der Waals surface area contributed by atoms with Crippen molar-refractivity contribution >= 4 is 11.9 Å². The lowest BCUT2D eigenvalue weighted by molar-refractivity contribution is -0.249. The Morgan fingerprint density at radius 3 is 2.19 bits per heavy atom. The number of carbonyl (C=O) groups is 2. The lowest BCUT2D eigenvalue weighted by Gasteiger charge is -2.73. The highest BCUT2D eigenvalue weighted by molar-refractivity contribution is 5.73. The molecule has 2 N–H and O–H groups in total. The van der Waals surface area contributed by atoms with Gasteiger partial charge in [0.2, 0.25) is 5.91 Å². The first-order valence-corrected chi connectivity index (χ1v) is 21.0. The van der Waals surface area contributed by atoms with E-state index in [1.54, 1.807) is 7.11 Å². The van der Waals surface area contributed by atoms with E-state index in [9.17, 15) is 9.59 Å². The van der Waals surface area contributed by atoms with Gasteiger partial charge in [-0.05, 0) is 152 Å². The van der Waals surface area contributed by atoms with Crippen LogP contribution in [0, 0.1) is 56.7 Å². The zero-order chi connectivity index (χ0) is 37.5. The minimum absolute atomic E-state index is 0.0168. The van der Waals surface area contributed by atoms with E-state index in [-0.39, 0.29) is 28.8 Å². The number of hydrogen-bond acceptors (Lipinski definition) is 5. The van der Waals surface area contributed by atoms with E-state index in [1.807, 2.05) is 12.1 Å². The Balaban J connectivity index is 1.11. The van der Waals surface area contributed by atoms with Crippen LogP contribution in [-0.4, -0.2) is 31.7 Å². The molecule has 0 spiro atoms. The van der Waals surface area contributed by atoms with Gasteiger partial charge in [0, 0.05) is 18.3 Å². The summed E-state index contributed by atoms with van der Waals surface area (Å²) in [6, 6.07) is 8.20. The van der Waals surface area contributed by atoms with Gasteiger partial charge in [0.1, 0.15) is 11.9 Å². The fourth-order valence-electron chi connectivity index (χ4n) is 13.9. The first kappa shape index (κ1) is 39.4. The molecule has 5 fully saturated rings. The summed E-state index contributed by atoms with van der Waals surface area (Å²) >= 11 is 0. The Morgan fingerprint density at radius 2 is 1.50 bits per heavy atom. The number of unbranched alkanes of at least 4 members (excludes halogenated alkanes) is 3. The van der Waals surface area contributed by atoms with E-state index in [1.165, 1.54) is 62.5 Å². The van der Waals surface area contributed by atoms with Gasteiger partial charge in [-0.1, -0.05) is 73.1 Å². The lowest BCUT2D eigenvalue weighted by Crippen LogP contribution is -2.66. The molecule has 52 heavy (non-hydrogen) atoms. The summed E-state index contributed by atoms with van der Waals surface area (Å²) in [5.74, 6) is 3.77. The SMILES string of the molecule is C=C(COCc1ccc(OC)cc1)[C@@H]1CC[C@]2(C)CC[C@]3(C)[C@H](CC[C@@H]4[C@@]5(C)CC[C@H](OC(=O)CCCCCCC(N)=O)C(C)(C)[C@@H]5CC[C@]43C)[C@@H]12. The van der Waals surface area contributed by atoms with E-state index >= 15 is 0 Å². The van der Waals surface area contributed by atoms with E-state index in [0.717, 1.165) is 50.2 Å². The van der Waals surface area contributed by atoms with E-state index in [0.29, 0.717) is 66.0 Å². The zero-order valence-electron chi connectivity index (χ0n) is 33.8. The van der Waals surface area contributed by atoms with Crippen molar-refractivity contribution in [1.29, 1.82) is 0 Å². The summed E-state index contributed by atoms with van der Waals surface area (Å²) in [5, 5.41) is 0. The van der Waals surface area contributed by atoms with Gasteiger partial charge in [0.15, 0.2) is 0 Å². The molecule has 0 radical (unpaired) electrons. The molecule has 1 aromatic rings. The minimum Gasteiger partial charge on any atom is -0.497 e. The van der Waals surface area contributed by atoms with E-state index in [4.69, 9.17) is 26.5 Å². The quantitative estimate of drug-likeness (QED) is 0.118. The summed E-state index contributed by atoms with van der Waals surface area (Å²) in [4.78, 5) is 24.1. The number of ether oxygens (including phenoxy) is 3. The first-order valence-electron chi connectivity index (χ1n) is 21.0. The second-order valence-corrected chi connectivity index (χ2v) is 19.7. The molecule has 5 aliphatic carbocycles. The van der Waals surface area contributed by atoms with Crippen LogP contribution in [0.3, 0.4) is 0 Å². The molecular weight excluding hydrogens is 647 g/mol. The lowest BCUT2D eigenvalue weighted by atomic mass is 9.32. The van der Waals surface area contributed by atoms with Gasteiger partial charge in [-0.25, -0.2) is 0 Å². The smallest absolute Gasteiger partial charge is 0.306 e. The topological polar surface area (TPSA) is 87.8 Å². The number of rotatable bonds is 14.